The lowest BCUT2D eigenvalue weighted by molar-refractivity contribution is -0.384. The van der Waals surface area contributed by atoms with Gasteiger partial charge in [-0.15, -0.1) is 0 Å². The molecule has 0 fully saturated rings. The first kappa shape index (κ1) is 20.9. The van der Waals surface area contributed by atoms with E-state index >= 15 is 0 Å². The number of thiocarbonyl (C=S) groups is 1. The molecule has 3 rings (SSSR count). The molecular weight excluding hydrogens is 421 g/mol. The Hall–Kier alpha value is -2.78. The van der Waals surface area contributed by atoms with Gasteiger partial charge in [0.15, 0.2) is 5.11 Å². The maximum absolute atomic E-state index is 13.8. The van der Waals surface area contributed by atoms with Crippen LogP contribution in [0.2, 0.25) is 5.02 Å². The van der Waals surface area contributed by atoms with Gasteiger partial charge in [0.25, 0.3) is 5.69 Å². The summed E-state index contributed by atoms with van der Waals surface area (Å²) in [4.78, 5) is 22.2. The highest BCUT2D eigenvalue weighted by molar-refractivity contribution is 7.80. The molecule has 152 valence electrons. The number of nitro groups is 1. The predicted octanol–water partition coefficient (Wildman–Crippen LogP) is 3.70. The van der Waals surface area contributed by atoms with E-state index in [0.717, 1.165) is 18.1 Å². The molecule has 0 aliphatic heterocycles. The predicted molar refractivity (Wildman–Crippen MR) is 110 cm³/mol. The summed E-state index contributed by atoms with van der Waals surface area (Å²) in [5.41, 5.74) is 1.27. The summed E-state index contributed by atoms with van der Waals surface area (Å²) in [7, 11) is 0. The molecule has 0 bridgehead atoms. The Balaban J connectivity index is 1.45. The number of fused-ring (bicyclic) bond motifs is 1. The fourth-order valence-corrected chi connectivity index (χ4v) is 3.57. The number of hydrogen-bond donors (Lipinski definition) is 2. The fraction of sp³-hybridized carbons (Fsp3) is 0.263. The van der Waals surface area contributed by atoms with Crippen LogP contribution in [0.4, 0.5) is 10.1 Å². The van der Waals surface area contributed by atoms with Crippen molar-refractivity contribution in [3.05, 3.63) is 74.0 Å². The average Bonchev–Trinajstić information content (AvgIpc) is 3.09. The first-order chi connectivity index (χ1) is 13.9. The van der Waals surface area contributed by atoms with Gasteiger partial charge in [0.05, 0.1) is 23.1 Å². The van der Waals surface area contributed by atoms with E-state index in [9.17, 15) is 19.3 Å². The molecule has 2 aromatic rings. The van der Waals surface area contributed by atoms with Gasteiger partial charge in [-0.05, 0) is 54.4 Å². The first-order valence-electron chi connectivity index (χ1n) is 8.79. The van der Waals surface area contributed by atoms with Gasteiger partial charge in [0, 0.05) is 6.07 Å². The molecule has 0 spiro atoms. The lowest BCUT2D eigenvalue weighted by Gasteiger charge is -2.17. The van der Waals surface area contributed by atoms with Gasteiger partial charge in [-0.25, -0.2) is 9.18 Å². The van der Waals surface area contributed by atoms with Crippen LogP contribution in [-0.2, 0) is 11.2 Å². The van der Waals surface area contributed by atoms with Crippen LogP contribution in [-0.4, -0.2) is 29.2 Å². The van der Waals surface area contributed by atoms with Crippen molar-refractivity contribution in [1.29, 1.82) is 0 Å². The van der Waals surface area contributed by atoms with Crippen molar-refractivity contribution in [1.82, 2.24) is 10.6 Å². The zero-order chi connectivity index (χ0) is 21.0. The Bertz CT molecular complexity index is 972. The molecule has 0 saturated heterocycles. The normalized spacial score (nSPS) is 14.8. The zero-order valence-corrected chi connectivity index (χ0v) is 16.7. The molecule has 29 heavy (non-hydrogen) atoms. The van der Waals surface area contributed by atoms with E-state index in [2.05, 4.69) is 10.6 Å². The Morgan fingerprint density at radius 1 is 1.38 bits per heavy atom. The number of nitro benzene ring substituents is 1. The third-order valence-electron chi connectivity index (χ3n) is 4.52. The third kappa shape index (κ3) is 4.99. The van der Waals surface area contributed by atoms with Gasteiger partial charge in [0.2, 0.25) is 0 Å². The summed E-state index contributed by atoms with van der Waals surface area (Å²) in [5, 5.41) is 17.2. The number of halogens is 2. The number of nitrogens with zero attached hydrogens (tertiary/aromatic N) is 1. The van der Waals surface area contributed by atoms with Crippen LogP contribution in [0.3, 0.4) is 0 Å². The molecule has 7 nitrogen and oxygen atoms in total. The number of carbonyl (C=O) groups is 1. The van der Waals surface area contributed by atoms with E-state index in [-0.39, 0.29) is 41.3 Å². The van der Waals surface area contributed by atoms with Crippen LogP contribution in [0.5, 0.6) is 0 Å². The molecule has 0 saturated carbocycles. The quantitative estimate of drug-likeness (QED) is 0.234. The average molecular weight is 438 g/mol. The number of rotatable bonds is 6. The summed E-state index contributed by atoms with van der Waals surface area (Å²) >= 11 is 11.0. The second-order valence-electron chi connectivity index (χ2n) is 6.36. The number of carbonyl (C=O) groups excluding carboxylic acids is 1. The van der Waals surface area contributed by atoms with Crippen molar-refractivity contribution in [3.8, 4) is 0 Å². The summed E-state index contributed by atoms with van der Waals surface area (Å²) in [6, 6.07) is 8.62. The summed E-state index contributed by atoms with van der Waals surface area (Å²) in [5.74, 6) is -0.911. The van der Waals surface area contributed by atoms with E-state index in [4.69, 9.17) is 28.6 Å². The minimum Gasteiger partial charge on any atom is -0.460 e. The molecule has 0 amide bonds. The first-order valence-corrected chi connectivity index (χ1v) is 9.58. The van der Waals surface area contributed by atoms with Gasteiger partial charge >= 0.3 is 5.97 Å². The van der Waals surface area contributed by atoms with Crippen molar-refractivity contribution in [2.24, 2.45) is 0 Å². The maximum Gasteiger partial charge on any atom is 0.338 e. The van der Waals surface area contributed by atoms with Crippen molar-refractivity contribution in [3.63, 3.8) is 0 Å². The number of benzene rings is 2. The molecule has 1 aliphatic rings. The van der Waals surface area contributed by atoms with Crippen molar-refractivity contribution in [2.75, 3.05) is 13.2 Å². The van der Waals surface area contributed by atoms with Gasteiger partial charge in [-0.3, -0.25) is 10.1 Å². The smallest absolute Gasteiger partial charge is 0.338 e. The van der Waals surface area contributed by atoms with Crippen LogP contribution in [0.1, 0.15) is 33.9 Å². The Labute approximate surface area is 176 Å². The molecule has 10 heteroatoms. The molecular formula is C19H17ClFN3O4S. The van der Waals surface area contributed by atoms with Gasteiger partial charge in [0.1, 0.15) is 17.4 Å². The van der Waals surface area contributed by atoms with E-state index in [0.29, 0.717) is 17.1 Å². The molecule has 0 aromatic heterocycles. The second kappa shape index (κ2) is 9.15. The number of esters is 1. The number of hydrogen-bond acceptors (Lipinski definition) is 5. The van der Waals surface area contributed by atoms with E-state index < -0.39 is 10.9 Å². The molecule has 1 atom stereocenters. The topological polar surface area (TPSA) is 93.5 Å². The molecule has 2 N–H and O–H groups in total. The SMILES string of the molecule is O=C(OCCNC(=S)NC1CCc2c(F)cccc21)c1ccc(Cl)c([N+](=O)[O-])c1. The monoisotopic (exact) mass is 437 g/mol. The second-order valence-corrected chi connectivity index (χ2v) is 7.17. The van der Waals surface area contributed by atoms with Crippen molar-refractivity contribution >= 4 is 40.6 Å². The minimum atomic E-state index is -0.703. The maximum atomic E-state index is 13.8. The Kier molecular flexibility index (Phi) is 6.60. The van der Waals surface area contributed by atoms with Crippen molar-refractivity contribution in [2.45, 2.75) is 18.9 Å². The lowest BCUT2D eigenvalue weighted by Crippen LogP contribution is -2.38. The summed E-state index contributed by atoms with van der Waals surface area (Å²) < 4.78 is 18.9. The van der Waals surface area contributed by atoms with Crippen LogP contribution >= 0.6 is 23.8 Å². The van der Waals surface area contributed by atoms with E-state index in [1.165, 1.54) is 18.2 Å². The molecule has 0 radical (unpaired) electrons. The highest BCUT2D eigenvalue weighted by Crippen LogP contribution is 2.32. The van der Waals surface area contributed by atoms with Crippen molar-refractivity contribution < 1.29 is 18.8 Å². The Morgan fingerprint density at radius 3 is 2.93 bits per heavy atom. The summed E-state index contributed by atoms with van der Waals surface area (Å²) in [6.45, 7) is 0.253. The van der Waals surface area contributed by atoms with Crippen LogP contribution < -0.4 is 10.6 Å². The third-order valence-corrected chi connectivity index (χ3v) is 5.10. The number of ether oxygens (including phenoxy) is 1. The fourth-order valence-electron chi connectivity index (χ4n) is 3.14. The molecule has 1 unspecified atom stereocenters. The van der Waals surface area contributed by atoms with E-state index in [1.807, 2.05) is 6.07 Å². The van der Waals surface area contributed by atoms with Gasteiger partial charge in [-0.2, -0.15) is 0 Å². The minimum absolute atomic E-state index is 0.00690. The van der Waals surface area contributed by atoms with Crippen LogP contribution in [0, 0.1) is 15.9 Å². The van der Waals surface area contributed by atoms with E-state index in [1.54, 1.807) is 6.07 Å². The largest absolute Gasteiger partial charge is 0.460 e. The molecule has 1 aliphatic carbocycles. The Morgan fingerprint density at radius 2 is 2.17 bits per heavy atom. The lowest BCUT2D eigenvalue weighted by atomic mass is 10.1. The summed E-state index contributed by atoms with van der Waals surface area (Å²) in [6.07, 6.45) is 1.38. The zero-order valence-electron chi connectivity index (χ0n) is 15.1. The molecule has 2 aromatic carbocycles. The highest BCUT2D eigenvalue weighted by Gasteiger charge is 2.25. The highest BCUT2D eigenvalue weighted by atomic mass is 35.5. The van der Waals surface area contributed by atoms with Gasteiger partial charge < -0.3 is 15.4 Å². The molecule has 0 heterocycles. The van der Waals surface area contributed by atoms with Crippen LogP contribution in [0.15, 0.2) is 36.4 Å². The number of nitrogens with one attached hydrogen (secondary N) is 2. The van der Waals surface area contributed by atoms with Gasteiger partial charge in [-0.1, -0.05) is 23.7 Å². The standard InChI is InChI=1S/C19H17ClFN3O4S/c20-14-6-4-11(10-17(14)24(26)27)18(25)28-9-8-22-19(29)23-16-7-5-12-13(16)2-1-3-15(12)21/h1-4,6,10,16H,5,7-9H2,(H2,22,23,29). The van der Waals surface area contributed by atoms with Crippen LogP contribution in [0.25, 0.3) is 0 Å².